The third kappa shape index (κ3) is 2.90. The van der Waals surface area contributed by atoms with Gasteiger partial charge in [0, 0.05) is 18.2 Å². The molecule has 0 fully saturated rings. The van der Waals surface area contributed by atoms with E-state index < -0.39 is 0 Å². The van der Waals surface area contributed by atoms with Gasteiger partial charge in [-0.3, -0.25) is 4.79 Å². The van der Waals surface area contributed by atoms with Crippen molar-refractivity contribution in [2.45, 2.75) is 32.4 Å². The highest BCUT2D eigenvalue weighted by atomic mass is 16.3. The van der Waals surface area contributed by atoms with Crippen molar-refractivity contribution in [2.24, 2.45) is 0 Å². The largest absolute Gasteiger partial charge is 0.439 e. The second-order valence-corrected chi connectivity index (χ2v) is 6.14. The van der Waals surface area contributed by atoms with Gasteiger partial charge < -0.3 is 15.1 Å². The fraction of sp³-hybridized carbons (Fsp3) is 0.263. The van der Waals surface area contributed by atoms with Gasteiger partial charge in [0.1, 0.15) is 5.52 Å². The lowest BCUT2D eigenvalue weighted by Crippen LogP contribution is -2.21. The number of hydrogen-bond donors (Lipinski definition) is 2. The minimum Gasteiger partial charge on any atom is -0.439 e. The molecule has 0 spiro atoms. The molecule has 5 heteroatoms. The van der Waals surface area contributed by atoms with Crippen LogP contribution in [-0.2, 0) is 17.8 Å². The normalized spacial score (nSPS) is 15.1. The number of para-hydroxylation sites is 2. The van der Waals surface area contributed by atoms with Gasteiger partial charge in [0.15, 0.2) is 5.58 Å². The number of nitrogens with one attached hydrogen (secondary N) is 2. The Morgan fingerprint density at radius 3 is 3.00 bits per heavy atom. The summed E-state index contributed by atoms with van der Waals surface area (Å²) in [5.41, 5.74) is 5.02. The maximum atomic E-state index is 11.4. The van der Waals surface area contributed by atoms with Gasteiger partial charge in [-0.25, -0.2) is 4.98 Å². The summed E-state index contributed by atoms with van der Waals surface area (Å²) in [5.74, 6) is 0.783. The Bertz CT molecular complexity index is 868. The Labute approximate surface area is 140 Å². The monoisotopic (exact) mass is 321 g/mol. The average molecular weight is 321 g/mol. The molecule has 1 aliphatic rings. The zero-order valence-corrected chi connectivity index (χ0v) is 13.5. The lowest BCUT2D eigenvalue weighted by atomic mass is 9.98. The topological polar surface area (TPSA) is 67.2 Å². The second-order valence-electron chi connectivity index (χ2n) is 6.14. The van der Waals surface area contributed by atoms with Crippen LogP contribution in [0.1, 0.15) is 36.4 Å². The van der Waals surface area contributed by atoms with E-state index in [1.54, 1.807) is 0 Å². The van der Waals surface area contributed by atoms with Crippen LogP contribution < -0.4 is 10.6 Å². The molecule has 24 heavy (non-hydrogen) atoms. The van der Waals surface area contributed by atoms with E-state index in [0.29, 0.717) is 18.9 Å². The van der Waals surface area contributed by atoms with E-state index in [1.807, 2.05) is 36.4 Å². The number of amides is 1. The number of carbonyl (C=O) groups is 1. The van der Waals surface area contributed by atoms with E-state index in [9.17, 15) is 4.79 Å². The van der Waals surface area contributed by atoms with Crippen molar-refractivity contribution < 1.29 is 9.21 Å². The third-order valence-corrected chi connectivity index (χ3v) is 4.42. The summed E-state index contributed by atoms with van der Waals surface area (Å²) >= 11 is 0. The third-order valence-electron chi connectivity index (χ3n) is 4.42. The highest BCUT2D eigenvalue weighted by Gasteiger charge is 2.16. The maximum Gasteiger partial charge on any atom is 0.224 e. The Morgan fingerprint density at radius 2 is 2.12 bits per heavy atom. The SMILES string of the molecule is CC(NCc1nc2ccccc2o1)c1ccc2c(c1)CCC(=O)N2. The van der Waals surface area contributed by atoms with Crippen molar-refractivity contribution >= 4 is 22.7 Å². The number of benzene rings is 2. The van der Waals surface area contributed by atoms with Crippen LogP contribution in [0.15, 0.2) is 46.9 Å². The van der Waals surface area contributed by atoms with Gasteiger partial charge in [0.25, 0.3) is 0 Å². The predicted octanol–water partition coefficient (Wildman–Crippen LogP) is 3.56. The summed E-state index contributed by atoms with van der Waals surface area (Å²) in [4.78, 5) is 15.9. The maximum absolute atomic E-state index is 11.4. The molecule has 1 aliphatic heterocycles. The van der Waals surface area contributed by atoms with Crippen LogP contribution in [-0.4, -0.2) is 10.9 Å². The summed E-state index contributed by atoms with van der Waals surface area (Å²) in [6.07, 6.45) is 1.36. The Balaban J connectivity index is 1.46. The second kappa shape index (κ2) is 6.09. The lowest BCUT2D eigenvalue weighted by Gasteiger charge is -2.20. The zero-order chi connectivity index (χ0) is 16.5. The average Bonchev–Trinajstić information content (AvgIpc) is 3.02. The van der Waals surface area contributed by atoms with E-state index in [-0.39, 0.29) is 11.9 Å². The first-order valence-corrected chi connectivity index (χ1v) is 8.19. The van der Waals surface area contributed by atoms with Gasteiger partial charge in [0.2, 0.25) is 11.8 Å². The summed E-state index contributed by atoms with van der Waals surface area (Å²) < 4.78 is 5.74. The number of fused-ring (bicyclic) bond motifs is 2. The van der Waals surface area contributed by atoms with Crippen molar-refractivity contribution in [3.8, 4) is 0 Å². The van der Waals surface area contributed by atoms with Crippen LogP contribution in [0.2, 0.25) is 0 Å². The summed E-state index contributed by atoms with van der Waals surface area (Å²) in [7, 11) is 0. The van der Waals surface area contributed by atoms with Crippen molar-refractivity contribution in [3.05, 3.63) is 59.5 Å². The zero-order valence-electron chi connectivity index (χ0n) is 13.5. The molecule has 0 aliphatic carbocycles. The minimum absolute atomic E-state index is 0.0948. The summed E-state index contributed by atoms with van der Waals surface area (Å²) in [5, 5.41) is 6.36. The van der Waals surface area contributed by atoms with Crippen molar-refractivity contribution in [1.82, 2.24) is 10.3 Å². The van der Waals surface area contributed by atoms with E-state index in [1.165, 1.54) is 11.1 Å². The first-order chi connectivity index (χ1) is 11.7. The molecule has 3 aromatic rings. The molecular weight excluding hydrogens is 302 g/mol. The first-order valence-electron chi connectivity index (χ1n) is 8.19. The molecule has 0 radical (unpaired) electrons. The van der Waals surface area contributed by atoms with E-state index in [4.69, 9.17) is 4.42 Å². The summed E-state index contributed by atoms with van der Waals surface area (Å²) in [6, 6.07) is 14.1. The van der Waals surface area contributed by atoms with Gasteiger partial charge >= 0.3 is 0 Å². The van der Waals surface area contributed by atoms with Gasteiger partial charge in [-0.15, -0.1) is 0 Å². The van der Waals surface area contributed by atoms with Crippen LogP contribution in [0.3, 0.4) is 0 Å². The molecule has 1 unspecified atom stereocenters. The van der Waals surface area contributed by atoms with Crippen LogP contribution in [0.25, 0.3) is 11.1 Å². The number of aryl methyl sites for hydroxylation is 1. The molecule has 0 saturated carbocycles. The van der Waals surface area contributed by atoms with Gasteiger partial charge in [-0.05, 0) is 42.7 Å². The first kappa shape index (κ1) is 14.9. The molecule has 0 bridgehead atoms. The Morgan fingerprint density at radius 1 is 1.25 bits per heavy atom. The predicted molar refractivity (Wildman–Crippen MR) is 92.7 cm³/mol. The number of rotatable bonds is 4. The van der Waals surface area contributed by atoms with Crippen LogP contribution >= 0.6 is 0 Å². The molecular formula is C19H19N3O2. The lowest BCUT2D eigenvalue weighted by molar-refractivity contribution is -0.116. The van der Waals surface area contributed by atoms with Crippen LogP contribution in [0, 0.1) is 0 Å². The van der Waals surface area contributed by atoms with E-state index >= 15 is 0 Å². The molecule has 1 aromatic heterocycles. The molecule has 1 atom stereocenters. The quantitative estimate of drug-likeness (QED) is 0.771. The number of oxazole rings is 1. The van der Waals surface area contributed by atoms with Gasteiger partial charge in [0.05, 0.1) is 6.54 Å². The van der Waals surface area contributed by atoms with Crippen molar-refractivity contribution in [1.29, 1.82) is 0 Å². The Kier molecular flexibility index (Phi) is 3.78. The highest BCUT2D eigenvalue weighted by molar-refractivity contribution is 5.93. The molecule has 5 nitrogen and oxygen atoms in total. The number of aromatic nitrogens is 1. The number of carbonyl (C=O) groups excluding carboxylic acids is 1. The Hall–Kier alpha value is -2.66. The molecule has 4 rings (SSSR count). The highest BCUT2D eigenvalue weighted by Crippen LogP contribution is 2.26. The standard InChI is InChI=1S/C19H19N3O2/c1-12(13-6-8-15-14(10-13)7-9-18(23)21-15)20-11-19-22-16-4-2-3-5-17(16)24-19/h2-6,8,10,12,20H,7,9,11H2,1H3,(H,21,23). The molecule has 122 valence electrons. The number of hydrogen-bond acceptors (Lipinski definition) is 4. The fourth-order valence-electron chi connectivity index (χ4n) is 3.03. The minimum atomic E-state index is 0.0948. The smallest absolute Gasteiger partial charge is 0.224 e. The van der Waals surface area contributed by atoms with E-state index in [0.717, 1.165) is 23.2 Å². The molecule has 1 amide bonds. The van der Waals surface area contributed by atoms with E-state index in [2.05, 4.69) is 28.6 Å². The van der Waals surface area contributed by atoms with Crippen LogP contribution in [0.5, 0.6) is 0 Å². The molecule has 2 heterocycles. The van der Waals surface area contributed by atoms with Crippen molar-refractivity contribution in [2.75, 3.05) is 5.32 Å². The number of nitrogens with zero attached hydrogens (tertiary/aromatic N) is 1. The van der Waals surface area contributed by atoms with Gasteiger partial charge in [-0.1, -0.05) is 24.3 Å². The number of anilines is 1. The molecule has 2 aromatic carbocycles. The molecule has 0 saturated heterocycles. The van der Waals surface area contributed by atoms with Crippen molar-refractivity contribution in [3.63, 3.8) is 0 Å². The van der Waals surface area contributed by atoms with Gasteiger partial charge in [-0.2, -0.15) is 0 Å². The fourth-order valence-corrected chi connectivity index (χ4v) is 3.03. The summed E-state index contributed by atoms with van der Waals surface area (Å²) in [6.45, 7) is 2.69. The molecule has 2 N–H and O–H groups in total. The van der Waals surface area contributed by atoms with Crippen LogP contribution in [0.4, 0.5) is 5.69 Å².